The highest BCUT2D eigenvalue weighted by Crippen LogP contribution is 2.02. The zero-order valence-corrected chi connectivity index (χ0v) is 6.64. The van der Waals surface area contributed by atoms with E-state index in [2.05, 4.69) is 0 Å². The van der Waals surface area contributed by atoms with Crippen LogP contribution in [-0.4, -0.2) is 37.2 Å². The summed E-state index contributed by atoms with van der Waals surface area (Å²) in [5.41, 5.74) is -3.00. The van der Waals surface area contributed by atoms with E-state index in [9.17, 15) is 21.2 Å². The summed E-state index contributed by atoms with van der Waals surface area (Å²) in [4.78, 5) is 0. The molecule has 0 heterocycles. The van der Waals surface area contributed by atoms with Gasteiger partial charge in [0.2, 0.25) is 5.50 Å². The highest BCUT2D eigenvalue weighted by molar-refractivity contribution is 7.89. The molecule has 0 aromatic rings. The highest BCUT2D eigenvalue weighted by atomic mass is 32.2. The molecule has 9 heteroatoms. The molecule has 1 unspecified atom stereocenters. The van der Waals surface area contributed by atoms with Gasteiger partial charge in [0.25, 0.3) is 20.2 Å². The van der Waals surface area contributed by atoms with E-state index in [1.807, 2.05) is 0 Å². The first-order chi connectivity index (χ1) is 4.63. The Morgan fingerprint density at radius 2 is 1.55 bits per heavy atom. The third kappa shape index (κ3) is 5.07. The van der Waals surface area contributed by atoms with Crippen LogP contribution in [0.15, 0.2) is 0 Å². The van der Waals surface area contributed by atoms with Crippen molar-refractivity contribution in [2.45, 2.75) is 5.50 Å². The maximum Gasteiger partial charge on any atom is 0.298 e. The van der Waals surface area contributed by atoms with Gasteiger partial charge in [0.15, 0.2) is 0 Å². The van der Waals surface area contributed by atoms with Gasteiger partial charge in [0.1, 0.15) is 5.75 Å². The second-order valence-corrected chi connectivity index (χ2v) is 4.71. The van der Waals surface area contributed by atoms with Gasteiger partial charge in [-0.05, 0) is 0 Å². The van der Waals surface area contributed by atoms with Gasteiger partial charge in [-0.15, -0.1) is 0 Å². The van der Waals surface area contributed by atoms with Crippen molar-refractivity contribution < 1.29 is 30.3 Å². The molecule has 11 heavy (non-hydrogen) atoms. The lowest BCUT2D eigenvalue weighted by molar-refractivity contribution is 0.381. The molecule has 0 fully saturated rings. The van der Waals surface area contributed by atoms with Gasteiger partial charge >= 0.3 is 0 Å². The maximum absolute atomic E-state index is 12.0. The Morgan fingerprint density at radius 3 is 1.64 bits per heavy atom. The Morgan fingerprint density at radius 1 is 1.18 bits per heavy atom. The van der Waals surface area contributed by atoms with Crippen LogP contribution in [-0.2, 0) is 20.2 Å². The van der Waals surface area contributed by atoms with E-state index in [1.165, 1.54) is 0 Å². The topological polar surface area (TPSA) is 109 Å². The van der Waals surface area contributed by atoms with Crippen molar-refractivity contribution in [3.05, 3.63) is 0 Å². The lowest BCUT2D eigenvalue weighted by Gasteiger charge is -2.00. The first kappa shape index (κ1) is 10.8. The van der Waals surface area contributed by atoms with Gasteiger partial charge in [-0.1, -0.05) is 0 Å². The predicted octanol–water partition coefficient (Wildman–Crippen LogP) is -0.942. The van der Waals surface area contributed by atoms with Gasteiger partial charge in [-0.2, -0.15) is 16.8 Å². The molecule has 0 aliphatic heterocycles. The van der Waals surface area contributed by atoms with Crippen LogP contribution in [0.2, 0.25) is 0 Å². The quantitative estimate of drug-likeness (QED) is 0.579. The minimum absolute atomic E-state index is 1.66. The largest absolute Gasteiger partial charge is 0.298 e. The molecular weight excluding hydrogens is 203 g/mol. The molecule has 1 atom stereocenters. The van der Waals surface area contributed by atoms with Gasteiger partial charge in [-0.25, -0.2) is 4.39 Å². The summed E-state index contributed by atoms with van der Waals surface area (Å²) in [5, 5.41) is 0. The van der Waals surface area contributed by atoms with Crippen molar-refractivity contribution in [2.75, 3.05) is 5.75 Å². The fourth-order valence-electron chi connectivity index (χ4n) is 0.252. The van der Waals surface area contributed by atoms with Crippen LogP contribution >= 0.6 is 0 Å². The normalized spacial score (nSPS) is 16.3. The van der Waals surface area contributed by atoms with Crippen molar-refractivity contribution in [1.82, 2.24) is 0 Å². The molecule has 0 aliphatic rings. The zero-order valence-electron chi connectivity index (χ0n) is 5.01. The predicted molar refractivity (Wildman–Crippen MR) is 32.9 cm³/mol. The molecule has 0 saturated carbocycles. The number of hydrogen-bond acceptors (Lipinski definition) is 4. The van der Waals surface area contributed by atoms with Crippen LogP contribution in [0.5, 0.6) is 0 Å². The second kappa shape index (κ2) is 3.01. The molecule has 0 aromatic heterocycles. The Bertz CT molecular complexity index is 312. The average molecular weight is 208 g/mol. The molecule has 0 rings (SSSR count). The van der Waals surface area contributed by atoms with E-state index in [-0.39, 0.29) is 0 Å². The Hall–Kier alpha value is -0.250. The molecule has 0 amide bonds. The summed E-state index contributed by atoms with van der Waals surface area (Å²) in [6, 6.07) is 0. The monoisotopic (exact) mass is 208 g/mol. The third-order valence-electron chi connectivity index (χ3n) is 0.665. The molecule has 0 bridgehead atoms. The minimum Gasteiger partial charge on any atom is -0.285 e. The molecule has 68 valence electrons. The fourth-order valence-corrected chi connectivity index (χ4v) is 1.79. The van der Waals surface area contributed by atoms with Crippen LogP contribution in [0.25, 0.3) is 0 Å². The van der Waals surface area contributed by atoms with Crippen molar-refractivity contribution in [1.29, 1.82) is 0 Å². The first-order valence-corrected chi connectivity index (χ1v) is 5.30. The molecular formula is C2H5FO6S2. The van der Waals surface area contributed by atoms with Gasteiger partial charge < -0.3 is 0 Å². The maximum atomic E-state index is 12.0. The average Bonchev–Trinajstić information content (AvgIpc) is 1.56. The summed E-state index contributed by atoms with van der Waals surface area (Å²) in [5.74, 6) is -1.66. The first-order valence-electron chi connectivity index (χ1n) is 2.18. The van der Waals surface area contributed by atoms with Crippen LogP contribution < -0.4 is 0 Å². The van der Waals surface area contributed by atoms with E-state index >= 15 is 0 Å². The summed E-state index contributed by atoms with van der Waals surface area (Å²) in [6.45, 7) is 0. The summed E-state index contributed by atoms with van der Waals surface area (Å²) < 4.78 is 67.1. The number of halogens is 1. The lowest BCUT2D eigenvalue weighted by Crippen LogP contribution is -2.24. The van der Waals surface area contributed by atoms with E-state index in [0.29, 0.717) is 0 Å². The highest BCUT2D eigenvalue weighted by Gasteiger charge is 2.27. The Kier molecular flexibility index (Phi) is 2.94. The Balaban J connectivity index is 4.47. The van der Waals surface area contributed by atoms with E-state index < -0.39 is 31.5 Å². The van der Waals surface area contributed by atoms with Crippen LogP contribution in [0.1, 0.15) is 0 Å². The van der Waals surface area contributed by atoms with E-state index in [4.69, 9.17) is 9.11 Å². The van der Waals surface area contributed by atoms with Gasteiger partial charge in [0, 0.05) is 0 Å². The molecule has 6 nitrogen and oxygen atoms in total. The molecule has 0 saturated heterocycles. The van der Waals surface area contributed by atoms with Gasteiger partial charge in [0.05, 0.1) is 0 Å². The third-order valence-corrected chi connectivity index (χ3v) is 2.40. The summed E-state index contributed by atoms with van der Waals surface area (Å²) in [6.07, 6.45) is 0. The molecule has 0 radical (unpaired) electrons. The Labute approximate surface area is 62.5 Å². The van der Waals surface area contributed by atoms with Crippen LogP contribution in [0.4, 0.5) is 4.39 Å². The van der Waals surface area contributed by atoms with Crippen LogP contribution in [0, 0.1) is 0 Å². The van der Waals surface area contributed by atoms with Gasteiger partial charge in [-0.3, -0.25) is 9.11 Å². The van der Waals surface area contributed by atoms with Crippen LogP contribution in [0.3, 0.4) is 0 Å². The minimum atomic E-state index is -5.04. The molecule has 2 N–H and O–H groups in total. The zero-order chi connectivity index (χ0) is 9.28. The molecule has 0 aliphatic carbocycles. The van der Waals surface area contributed by atoms with Crippen molar-refractivity contribution in [2.24, 2.45) is 0 Å². The number of rotatable bonds is 3. The smallest absolute Gasteiger partial charge is 0.285 e. The number of alkyl halides is 1. The SMILES string of the molecule is O=S(=O)(O)CC(F)S(=O)(=O)O. The fraction of sp³-hybridized carbons (Fsp3) is 1.00. The second-order valence-electron chi connectivity index (χ2n) is 1.67. The van der Waals surface area contributed by atoms with Crippen molar-refractivity contribution in [3.8, 4) is 0 Å². The number of hydrogen-bond donors (Lipinski definition) is 2. The summed E-state index contributed by atoms with van der Waals surface area (Å²) >= 11 is 0. The lowest BCUT2D eigenvalue weighted by atomic mass is 10.9. The van der Waals surface area contributed by atoms with E-state index in [0.717, 1.165) is 0 Å². The van der Waals surface area contributed by atoms with Crippen molar-refractivity contribution in [3.63, 3.8) is 0 Å². The molecule has 0 aromatic carbocycles. The van der Waals surface area contributed by atoms with Crippen molar-refractivity contribution >= 4 is 20.2 Å². The standard InChI is InChI=1S/C2H5FO6S2/c3-2(11(7,8)9)1-10(4,5)6/h2H,1H2,(H,4,5,6)(H,7,8,9). The summed E-state index contributed by atoms with van der Waals surface area (Å²) in [7, 11) is -9.76. The van der Waals surface area contributed by atoms with E-state index in [1.54, 1.807) is 0 Å². The molecule has 0 spiro atoms.